The van der Waals surface area contributed by atoms with Gasteiger partial charge in [0, 0.05) is 18.0 Å². The van der Waals surface area contributed by atoms with Crippen LogP contribution in [-0.2, 0) is 4.79 Å². The molecule has 0 aliphatic carbocycles. The highest BCUT2D eigenvalue weighted by Gasteiger charge is 2.45. The molecule has 3 rings (SSSR count). The van der Waals surface area contributed by atoms with Gasteiger partial charge in [-0.15, -0.1) is 11.3 Å². The molecule has 0 fully saturated rings. The molecule has 0 saturated heterocycles. The molecule has 6 nitrogen and oxygen atoms in total. The van der Waals surface area contributed by atoms with Crippen molar-refractivity contribution in [1.82, 2.24) is 9.80 Å². The van der Waals surface area contributed by atoms with E-state index in [9.17, 15) is 14.7 Å². The van der Waals surface area contributed by atoms with Gasteiger partial charge in [0.1, 0.15) is 6.04 Å². The topological polar surface area (TPSA) is 74.0 Å². The molecule has 7 heteroatoms. The van der Waals surface area contributed by atoms with Gasteiger partial charge in [0.15, 0.2) is 11.5 Å². The lowest BCUT2D eigenvalue weighted by molar-refractivity contribution is -0.129. The summed E-state index contributed by atoms with van der Waals surface area (Å²) >= 11 is 1.48. The summed E-state index contributed by atoms with van der Waals surface area (Å²) in [6.07, 6.45) is 1.41. The molecule has 1 atom stereocenters. The quantitative estimate of drug-likeness (QED) is 0.700. The zero-order chi connectivity index (χ0) is 19.6. The van der Waals surface area contributed by atoms with Crippen molar-refractivity contribution < 1.29 is 19.1 Å². The highest BCUT2D eigenvalue weighted by Crippen LogP contribution is 2.42. The predicted molar refractivity (Wildman–Crippen MR) is 104 cm³/mol. The second kappa shape index (κ2) is 8.10. The molecule has 144 valence electrons. The molecule has 0 bridgehead atoms. The maximum absolute atomic E-state index is 13.0. The lowest BCUT2D eigenvalue weighted by Gasteiger charge is -2.28. The summed E-state index contributed by atoms with van der Waals surface area (Å²) in [5, 5.41) is 12.5. The number of carbonyl (C=O) groups excluding carboxylic acids is 2. The van der Waals surface area contributed by atoms with Crippen LogP contribution in [0.5, 0.6) is 0 Å². The number of Topliss-reactive ketones (excluding diaryl/α,β-unsaturated/α-hetero) is 1. The Morgan fingerprint density at radius 1 is 1.33 bits per heavy atom. The number of thiophene rings is 1. The van der Waals surface area contributed by atoms with Gasteiger partial charge < -0.3 is 19.3 Å². The first-order valence-corrected chi connectivity index (χ1v) is 9.96. The maximum atomic E-state index is 13.0. The van der Waals surface area contributed by atoms with E-state index in [2.05, 4.69) is 18.7 Å². The van der Waals surface area contributed by atoms with Crippen molar-refractivity contribution >= 4 is 23.0 Å². The summed E-state index contributed by atoms with van der Waals surface area (Å²) in [5.74, 6) is -1.31. The van der Waals surface area contributed by atoms with Crippen LogP contribution in [0.1, 0.15) is 40.9 Å². The number of ketones is 1. The molecule has 0 spiro atoms. The van der Waals surface area contributed by atoms with Gasteiger partial charge in [-0.25, -0.2) is 0 Å². The molecule has 1 aliphatic rings. The largest absolute Gasteiger partial charge is 0.503 e. The van der Waals surface area contributed by atoms with Gasteiger partial charge in [0.25, 0.3) is 5.91 Å². The van der Waals surface area contributed by atoms with Crippen molar-refractivity contribution in [2.75, 3.05) is 26.2 Å². The van der Waals surface area contributed by atoms with Crippen LogP contribution in [0.25, 0.3) is 0 Å². The first-order valence-electron chi connectivity index (χ1n) is 9.08. The van der Waals surface area contributed by atoms with E-state index in [-0.39, 0.29) is 11.3 Å². The van der Waals surface area contributed by atoms with Crippen LogP contribution < -0.4 is 0 Å². The first kappa shape index (κ1) is 19.4. The first-order chi connectivity index (χ1) is 13.0. The summed E-state index contributed by atoms with van der Waals surface area (Å²) in [4.78, 5) is 30.5. The molecule has 0 radical (unpaired) electrons. The smallest absolute Gasteiger partial charge is 0.290 e. The summed E-state index contributed by atoms with van der Waals surface area (Å²) in [5.41, 5.74) is 1.09. The van der Waals surface area contributed by atoms with Crippen molar-refractivity contribution in [3.8, 4) is 0 Å². The van der Waals surface area contributed by atoms with Gasteiger partial charge in [0.2, 0.25) is 5.78 Å². The van der Waals surface area contributed by atoms with Crippen LogP contribution in [0.2, 0.25) is 0 Å². The Morgan fingerprint density at radius 2 is 2.07 bits per heavy atom. The Morgan fingerprint density at radius 3 is 2.63 bits per heavy atom. The minimum atomic E-state index is -0.592. The summed E-state index contributed by atoms with van der Waals surface area (Å²) < 4.78 is 5.23. The number of hydrogen-bond donors (Lipinski definition) is 1. The van der Waals surface area contributed by atoms with Crippen molar-refractivity contribution in [2.45, 2.75) is 26.8 Å². The van der Waals surface area contributed by atoms with E-state index in [4.69, 9.17) is 4.42 Å². The molecule has 1 N–H and O–H groups in total. The lowest BCUT2D eigenvalue weighted by atomic mass is 9.98. The molecular weight excluding hydrogens is 364 g/mol. The summed E-state index contributed by atoms with van der Waals surface area (Å²) in [7, 11) is 0. The average Bonchev–Trinajstić information content (AvgIpc) is 3.38. The molecule has 2 aromatic rings. The Kier molecular flexibility index (Phi) is 5.82. The lowest BCUT2D eigenvalue weighted by Crippen LogP contribution is -2.38. The predicted octanol–water partition coefficient (Wildman–Crippen LogP) is 3.57. The third kappa shape index (κ3) is 3.57. The van der Waals surface area contributed by atoms with Crippen molar-refractivity contribution in [1.29, 1.82) is 0 Å². The van der Waals surface area contributed by atoms with Crippen molar-refractivity contribution in [2.24, 2.45) is 0 Å². The van der Waals surface area contributed by atoms with Crippen molar-refractivity contribution in [3.05, 3.63) is 57.4 Å². The van der Waals surface area contributed by atoms with E-state index in [1.54, 1.807) is 17.0 Å². The highest BCUT2D eigenvalue weighted by atomic mass is 32.1. The van der Waals surface area contributed by atoms with Gasteiger partial charge in [-0.3, -0.25) is 9.59 Å². The molecule has 2 aromatic heterocycles. The number of rotatable bonds is 8. The molecule has 1 amide bonds. The van der Waals surface area contributed by atoms with Crippen LogP contribution in [0.15, 0.2) is 45.6 Å². The van der Waals surface area contributed by atoms with E-state index in [1.807, 2.05) is 18.4 Å². The number of aryl methyl sites for hydroxylation is 1. The van der Waals surface area contributed by atoms with E-state index in [1.165, 1.54) is 17.6 Å². The van der Waals surface area contributed by atoms with Gasteiger partial charge in [-0.1, -0.05) is 13.8 Å². The van der Waals surface area contributed by atoms with Crippen LogP contribution in [0.4, 0.5) is 0 Å². The maximum Gasteiger partial charge on any atom is 0.290 e. The Labute approximate surface area is 162 Å². The van der Waals surface area contributed by atoms with E-state index >= 15 is 0 Å². The minimum absolute atomic E-state index is 0.0973. The van der Waals surface area contributed by atoms with Crippen LogP contribution >= 0.6 is 11.3 Å². The number of furan rings is 1. The number of aliphatic hydroxyl groups is 1. The highest BCUT2D eigenvalue weighted by molar-refractivity contribution is 7.10. The Balaban J connectivity index is 1.99. The summed E-state index contributed by atoms with van der Waals surface area (Å²) in [6, 6.07) is 4.53. The molecule has 1 unspecified atom stereocenters. The fraction of sp³-hybridized carbons (Fsp3) is 0.400. The molecule has 1 aliphatic heterocycles. The van der Waals surface area contributed by atoms with E-state index < -0.39 is 23.5 Å². The van der Waals surface area contributed by atoms with Gasteiger partial charge in [0.05, 0.1) is 11.8 Å². The number of aliphatic hydroxyl groups excluding tert-OH is 1. The SMILES string of the molecule is CCN(CC)CCN1C(=O)C(O)=C(C(=O)c2ccco2)C1c1sccc1C. The number of likely N-dealkylation sites (N-methyl/N-ethyl adjacent to an activating group) is 1. The van der Waals surface area contributed by atoms with Gasteiger partial charge in [-0.2, -0.15) is 0 Å². The average molecular weight is 388 g/mol. The normalized spacial score (nSPS) is 17.4. The third-order valence-corrected chi connectivity index (χ3v) is 6.07. The minimum Gasteiger partial charge on any atom is -0.503 e. The van der Waals surface area contributed by atoms with Gasteiger partial charge in [-0.05, 0) is 49.2 Å². The van der Waals surface area contributed by atoms with Gasteiger partial charge >= 0.3 is 0 Å². The second-order valence-electron chi connectivity index (χ2n) is 6.46. The zero-order valence-electron chi connectivity index (χ0n) is 15.8. The standard InChI is InChI=1S/C20H24N2O4S/c1-4-21(5-2)9-10-22-16(19-13(3)8-12-27-19)15(18(24)20(22)25)17(23)14-7-6-11-26-14/h6-8,11-12,16,24H,4-5,9-10H2,1-3H3. The second-order valence-corrected chi connectivity index (χ2v) is 7.41. The third-order valence-electron chi connectivity index (χ3n) is 4.99. The monoisotopic (exact) mass is 388 g/mol. The molecule has 3 heterocycles. The fourth-order valence-electron chi connectivity index (χ4n) is 3.38. The fourth-order valence-corrected chi connectivity index (χ4v) is 4.43. The zero-order valence-corrected chi connectivity index (χ0v) is 16.6. The molecule has 27 heavy (non-hydrogen) atoms. The molecular formula is C20H24N2O4S. The van der Waals surface area contributed by atoms with Crippen LogP contribution in [0.3, 0.4) is 0 Å². The van der Waals surface area contributed by atoms with Crippen molar-refractivity contribution in [3.63, 3.8) is 0 Å². The molecule has 0 saturated carbocycles. The number of amides is 1. The number of nitrogens with zero attached hydrogens (tertiary/aromatic N) is 2. The van der Waals surface area contributed by atoms with E-state index in [0.717, 1.165) is 23.5 Å². The number of carbonyl (C=O) groups is 2. The van der Waals surface area contributed by atoms with Crippen LogP contribution in [0, 0.1) is 6.92 Å². The van der Waals surface area contributed by atoms with Crippen LogP contribution in [-0.4, -0.2) is 52.8 Å². The number of hydrogen-bond acceptors (Lipinski definition) is 6. The molecule has 0 aromatic carbocycles. The Hall–Kier alpha value is -2.38. The Bertz CT molecular complexity index is 849. The summed E-state index contributed by atoms with van der Waals surface area (Å²) in [6.45, 7) is 8.94. The van der Waals surface area contributed by atoms with E-state index in [0.29, 0.717) is 13.1 Å².